The summed E-state index contributed by atoms with van der Waals surface area (Å²) in [6, 6.07) is 6.68. The van der Waals surface area contributed by atoms with Crippen molar-refractivity contribution in [1.82, 2.24) is 14.8 Å². The average Bonchev–Trinajstić information content (AvgIpc) is 3.08. The molecule has 3 rings (SSSR count). The van der Waals surface area contributed by atoms with E-state index in [1.165, 1.54) is 0 Å². The minimum atomic E-state index is -3.43. The fourth-order valence-electron chi connectivity index (χ4n) is 3.25. The first-order valence-electron chi connectivity index (χ1n) is 9.26. The number of rotatable bonds is 6. The second-order valence-electron chi connectivity index (χ2n) is 6.71. The van der Waals surface area contributed by atoms with Gasteiger partial charge in [0.1, 0.15) is 11.3 Å². The zero-order valence-corrected chi connectivity index (χ0v) is 16.5. The summed E-state index contributed by atoms with van der Waals surface area (Å²) in [7, 11) is -3.43. The number of piperidine rings is 1. The summed E-state index contributed by atoms with van der Waals surface area (Å²) in [6.07, 6.45) is 3.51. The molecule has 27 heavy (non-hydrogen) atoms. The lowest BCUT2D eigenvalue weighted by atomic mass is 10.1. The van der Waals surface area contributed by atoms with Crippen LogP contribution in [0.3, 0.4) is 0 Å². The molecule has 1 aromatic heterocycles. The molecule has 1 aromatic carbocycles. The highest BCUT2D eigenvalue weighted by Crippen LogP contribution is 2.21. The van der Waals surface area contributed by atoms with Gasteiger partial charge in [-0.1, -0.05) is 30.6 Å². The molecule has 1 N–H and O–H groups in total. The summed E-state index contributed by atoms with van der Waals surface area (Å²) < 4.78 is 32.0. The van der Waals surface area contributed by atoms with E-state index >= 15 is 0 Å². The first-order valence-corrected chi connectivity index (χ1v) is 10.7. The predicted molar refractivity (Wildman–Crippen MR) is 101 cm³/mol. The fraction of sp³-hybridized carbons (Fsp3) is 0.474. The van der Waals surface area contributed by atoms with Crippen LogP contribution in [0.2, 0.25) is 0 Å². The van der Waals surface area contributed by atoms with Crippen LogP contribution in [0.1, 0.15) is 53.6 Å². The Morgan fingerprint density at radius 2 is 1.85 bits per heavy atom. The molecule has 146 valence electrons. The summed E-state index contributed by atoms with van der Waals surface area (Å²) in [5, 5.41) is 6.73. The summed E-state index contributed by atoms with van der Waals surface area (Å²) in [5.41, 5.74) is 1.93. The lowest BCUT2D eigenvalue weighted by molar-refractivity contribution is 0.0948. The van der Waals surface area contributed by atoms with Crippen LogP contribution >= 0.6 is 0 Å². The van der Waals surface area contributed by atoms with Crippen molar-refractivity contribution in [2.24, 2.45) is 0 Å². The van der Waals surface area contributed by atoms with E-state index in [2.05, 4.69) is 10.5 Å². The number of hydrogen-bond acceptors (Lipinski definition) is 5. The van der Waals surface area contributed by atoms with Gasteiger partial charge in [0, 0.05) is 19.6 Å². The molecule has 1 saturated heterocycles. The summed E-state index contributed by atoms with van der Waals surface area (Å²) in [6.45, 7) is 5.09. The van der Waals surface area contributed by atoms with Crippen LogP contribution < -0.4 is 5.32 Å². The highest BCUT2D eigenvalue weighted by atomic mass is 32.2. The standard InChI is InChI=1S/C19H25N3O4S/c1-3-17-18(14(2)26-21-17)19(23)20-13-15-7-9-16(10-8-15)27(24,25)22-11-5-4-6-12-22/h7-10H,3-6,11-13H2,1-2H3,(H,20,23). The zero-order valence-electron chi connectivity index (χ0n) is 15.7. The van der Waals surface area contributed by atoms with Gasteiger partial charge < -0.3 is 9.84 Å². The van der Waals surface area contributed by atoms with Crippen LogP contribution in [-0.4, -0.2) is 36.9 Å². The Bertz CT molecular complexity index is 898. The SMILES string of the molecule is CCc1noc(C)c1C(=O)NCc1ccc(S(=O)(=O)N2CCCCC2)cc1. The van der Waals surface area contributed by atoms with Crippen LogP contribution in [-0.2, 0) is 23.0 Å². The highest BCUT2D eigenvalue weighted by Gasteiger charge is 2.25. The smallest absolute Gasteiger partial charge is 0.257 e. The first-order chi connectivity index (χ1) is 12.9. The molecule has 0 atom stereocenters. The molecule has 1 fully saturated rings. The second-order valence-corrected chi connectivity index (χ2v) is 8.64. The highest BCUT2D eigenvalue weighted by molar-refractivity contribution is 7.89. The van der Waals surface area contributed by atoms with Crippen molar-refractivity contribution in [2.45, 2.75) is 51.0 Å². The van der Waals surface area contributed by atoms with Crippen LogP contribution in [0.25, 0.3) is 0 Å². The molecule has 1 aliphatic heterocycles. The van der Waals surface area contributed by atoms with Gasteiger partial charge in [0.15, 0.2) is 0 Å². The van der Waals surface area contributed by atoms with Gasteiger partial charge in [0.05, 0.1) is 10.6 Å². The Morgan fingerprint density at radius 1 is 1.19 bits per heavy atom. The van der Waals surface area contributed by atoms with Crippen molar-refractivity contribution in [2.75, 3.05) is 13.1 Å². The van der Waals surface area contributed by atoms with Crippen LogP contribution in [0.4, 0.5) is 0 Å². The van der Waals surface area contributed by atoms with Crippen molar-refractivity contribution in [1.29, 1.82) is 0 Å². The van der Waals surface area contributed by atoms with Gasteiger partial charge in [-0.15, -0.1) is 0 Å². The normalized spacial score (nSPS) is 15.6. The monoisotopic (exact) mass is 391 g/mol. The molecule has 0 saturated carbocycles. The molecule has 0 radical (unpaired) electrons. The molecule has 2 heterocycles. The van der Waals surface area contributed by atoms with E-state index in [0.29, 0.717) is 48.0 Å². The number of aryl methyl sites for hydroxylation is 2. The maximum Gasteiger partial charge on any atom is 0.257 e. The Hall–Kier alpha value is -2.19. The lowest BCUT2D eigenvalue weighted by Crippen LogP contribution is -2.35. The van der Waals surface area contributed by atoms with E-state index in [1.54, 1.807) is 35.5 Å². The van der Waals surface area contributed by atoms with Crippen LogP contribution in [0.15, 0.2) is 33.7 Å². The number of carbonyl (C=O) groups excluding carboxylic acids is 1. The molecule has 0 aliphatic carbocycles. The summed E-state index contributed by atoms with van der Waals surface area (Å²) in [4.78, 5) is 12.7. The number of carbonyl (C=O) groups is 1. The van der Waals surface area contributed by atoms with Gasteiger partial charge in [-0.2, -0.15) is 4.31 Å². The Balaban J connectivity index is 1.65. The van der Waals surface area contributed by atoms with E-state index in [4.69, 9.17) is 4.52 Å². The topological polar surface area (TPSA) is 92.5 Å². The minimum absolute atomic E-state index is 0.240. The largest absolute Gasteiger partial charge is 0.361 e. The number of hydrogen-bond donors (Lipinski definition) is 1. The third-order valence-corrected chi connectivity index (χ3v) is 6.74. The molecule has 0 spiro atoms. The minimum Gasteiger partial charge on any atom is -0.361 e. The number of benzene rings is 1. The van der Waals surface area contributed by atoms with Crippen molar-refractivity contribution in [3.63, 3.8) is 0 Å². The zero-order chi connectivity index (χ0) is 19.4. The molecular formula is C19H25N3O4S. The van der Waals surface area contributed by atoms with Gasteiger partial charge in [-0.3, -0.25) is 4.79 Å². The van der Waals surface area contributed by atoms with E-state index in [0.717, 1.165) is 24.8 Å². The summed E-state index contributed by atoms with van der Waals surface area (Å²) >= 11 is 0. The van der Waals surface area contributed by atoms with Gasteiger partial charge in [0.25, 0.3) is 5.91 Å². The van der Waals surface area contributed by atoms with Gasteiger partial charge >= 0.3 is 0 Å². The number of amides is 1. The van der Waals surface area contributed by atoms with Crippen LogP contribution in [0.5, 0.6) is 0 Å². The molecular weight excluding hydrogens is 366 g/mol. The van der Waals surface area contributed by atoms with E-state index in [-0.39, 0.29) is 5.91 Å². The molecule has 0 bridgehead atoms. The molecule has 8 heteroatoms. The Labute approximate surface area is 159 Å². The maximum absolute atomic E-state index is 12.7. The third-order valence-electron chi connectivity index (χ3n) is 4.82. The lowest BCUT2D eigenvalue weighted by Gasteiger charge is -2.25. The fourth-order valence-corrected chi connectivity index (χ4v) is 4.77. The first kappa shape index (κ1) is 19.6. The third kappa shape index (κ3) is 4.22. The van der Waals surface area contributed by atoms with Crippen molar-refractivity contribution >= 4 is 15.9 Å². The average molecular weight is 391 g/mol. The van der Waals surface area contributed by atoms with Gasteiger partial charge in [0.2, 0.25) is 10.0 Å². The van der Waals surface area contributed by atoms with Crippen molar-refractivity contribution in [3.8, 4) is 0 Å². The van der Waals surface area contributed by atoms with E-state index in [9.17, 15) is 13.2 Å². The summed E-state index contributed by atoms with van der Waals surface area (Å²) in [5.74, 6) is 0.253. The van der Waals surface area contributed by atoms with Crippen molar-refractivity contribution in [3.05, 3.63) is 46.8 Å². The van der Waals surface area contributed by atoms with E-state index in [1.807, 2.05) is 6.92 Å². The number of nitrogens with one attached hydrogen (secondary N) is 1. The Morgan fingerprint density at radius 3 is 2.48 bits per heavy atom. The van der Waals surface area contributed by atoms with Crippen molar-refractivity contribution < 1.29 is 17.7 Å². The Kier molecular flexibility index (Phi) is 5.96. The maximum atomic E-state index is 12.7. The number of aromatic nitrogens is 1. The quantitative estimate of drug-likeness (QED) is 0.817. The van der Waals surface area contributed by atoms with Gasteiger partial charge in [-0.25, -0.2) is 8.42 Å². The second kappa shape index (κ2) is 8.22. The number of sulfonamides is 1. The van der Waals surface area contributed by atoms with Gasteiger partial charge in [-0.05, 0) is 43.9 Å². The molecule has 1 amide bonds. The molecule has 7 nitrogen and oxygen atoms in total. The molecule has 2 aromatic rings. The number of nitrogens with zero attached hydrogens (tertiary/aromatic N) is 2. The molecule has 0 unspecified atom stereocenters. The molecule has 1 aliphatic rings. The predicted octanol–water partition coefficient (Wildman–Crippen LogP) is 2.65. The van der Waals surface area contributed by atoms with Crippen LogP contribution in [0, 0.1) is 6.92 Å². The van der Waals surface area contributed by atoms with E-state index < -0.39 is 10.0 Å².